The molecule has 130 heavy (non-hydrogen) atoms. The molecular formula is C89H90O32S9. The highest BCUT2D eigenvalue weighted by Gasteiger charge is 2.41. The molecule has 7 aliphatic heterocycles. The van der Waals surface area contributed by atoms with Crippen LogP contribution in [0.25, 0.3) is 29.3 Å². The number of aryl methyl sites for hydroxylation is 2. The van der Waals surface area contributed by atoms with E-state index in [1.54, 1.807) is 63.3 Å². The summed E-state index contributed by atoms with van der Waals surface area (Å²) < 4.78 is 182. The summed E-state index contributed by atoms with van der Waals surface area (Å²) in [6.07, 6.45) is -1.80. The summed E-state index contributed by atoms with van der Waals surface area (Å²) in [6, 6.07) is 11.6. The van der Waals surface area contributed by atoms with Crippen molar-refractivity contribution in [3.05, 3.63) is 192 Å². The van der Waals surface area contributed by atoms with Crippen molar-refractivity contribution in [2.45, 2.75) is 103 Å². The van der Waals surface area contributed by atoms with Gasteiger partial charge in [-0.25, -0.2) is 54.5 Å². The Bertz CT molecular complexity index is 6220. The van der Waals surface area contributed by atoms with Gasteiger partial charge in [-0.3, -0.25) is 0 Å². The van der Waals surface area contributed by atoms with Crippen LogP contribution in [0.2, 0.25) is 0 Å². The number of hydrogen-bond donors (Lipinski definition) is 0. The first-order valence-corrected chi connectivity index (χ1v) is 48.6. The van der Waals surface area contributed by atoms with Crippen molar-refractivity contribution >= 4 is 135 Å². The molecule has 16 rings (SSSR count). The highest BCUT2D eigenvalue weighted by molar-refractivity contribution is 7.86. The van der Waals surface area contributed by atoms with Crippen molar-refractivity contribution in [2.24, 2.45) is 0 Å². The number of esters is 6. The highest BCUT2D eigenvalue weighted by atomic mass is 32.2. The Morgan fingerprint density at radius 1 is 0.354 bits per heavy atom. The summed E-state index contributed by atoms with van der Waals surface area (Å²) in [5.74, 6) is 3.66. The maximum Gasteiger partial charge on any atom is 0.405 e. The SMILES string of the molecule is C=C(C)C(=O)OCC(Cc1sc(-c2sc(-c3s/c(=c4/sc(-c5sc(CC(COC(=O)C(=C)C)OC(=O)C(=C)C)c6c5OCCO6)c5c4=[O+]CCO5)c4c3OCC[O+]=4)c3c2OCCO3)c2c1OCCO2)OC(=O)C(=C)C.C=C(C)C(=O)OCC(Cc1scc2c1OCCO2)OC(=O)C(=C)C.Cc1ccc(S(=O)(=O)[O-])cc1.Cc1ccc(S(=O)(=O)[O-])cc1.c1scc2c1OCCO2. The number of rotatable bonds is 26. The van der Waals surface area contributed by atoms with E-state index in [0.717, 1.165) is 56.1 Å². The molecule has 0 saturated carbocycles. The molecule has 3 unspecified atom stereocenters. The van der Waals surface area contributed by atoms with E-state index in [4.69, 9.17) is 94.1 Å². The molecule has 9 aromatic rings. The number of benzene rings is 2. The molecule has 2 aromatic carbocycles. The van der Waals surface area contributed by atoms with Gasteiger partial charge in [-0.2, -0.15) is 0 Å². The van der Waals surface area contributed by atoms with Crippen LogP contribution in [0.4, 0.5) is 0 Å². The van der Waals surface area contributed by atoms with E-state index in [2.05, 4.69) is 39.5 Å². The third kappa shape index (κ3) is 24.6. The van der Waals surface area contributed by atoms with E-state index in [0.29, 0.717) is 160 Å². The van der Waals surface area contributed by atoms with E-state index in [-0.39, 0.29) is 102 Å². The predicted molar refractivity (Wildman–Crippen MR) is 485 cm³/mol. The van der Waals surface area contributed by atoms with Crippen molar-refractivity contribution in [2.75, 3.05) is 112 Å². The zero-order valence-electron chi connectivity index (χ0n) is 71.7. The number of carbonyl (C=O) groups is 6. The molecule has 3 atom stereocenters. The Kier molecular flexibility index (Phi) is 33.1. The van der Waals surface area contributed by atoms with Crippen LogP contribution < -0.4 is 67.7 Å². The second kappa shape index (κ2) is 44.0. The first kappa shape index (κ1) is 97.7. The maximum atomic E-state index is 12.8. The maximum absolute atomic E-state index is 12.8. The monoisotopic (exact) mass is 1960 g/mol. The summed E-state index contributed by atoms with van der Waals surface area (Å²) in [4.78, 5) is 80.2. The van der Waals surface area contributed by atoms with Crippen LogP contribution in [0.1, 0.15) is 67.3 Å². The highest BCUT2D eigenvalue weighted by Crippen LogP contribution is 2.62. The van der Waals surface area contributed by atoms with Crippen LogP contribution in [0.15, 0.2) is 156 Å². The second-order valence-electron chi connectivity index (χ2n) is 29.3. The van der Waals surface area contributed by atoms with Gasteiger partial charge < -0.3 is 94.4 Å². The van der Waals surface area contributed by atoms with Gasteiger partial charge in [0.1, 0.15) is 134 Å². The van der Waals surface area contributed by atoms with E-state index in [9.17, 15) is 54.7 Å². The first-order valence-electron chi connectivity index (χ1n) is 39.9. The van der Waals surface area contributed by atoms with Gasteiger partial charge in [0.25, 0.3) is 13.2 Å². The predicted octanol–water partition coefficient (Wildman–Crippen LogP) is 13.9. The van der Waals surface area contributed by atoms with Crippen LogP contribution in [0.3, 0.4) is 0 Å². The normalized spacial score (nSPS) is 14.8. The molecule has 0 aliphatic carbocycles. The Balaban J connectivity index is 0.000000220. The molecule has 0 amide bonds. The number of fused-ring (bicyclic) bond motifs is 7. The fourth-order valence-electron chi connectivity index (χ4n) is 12.2. The number of carbonyl (C=O) groups excluding carboxylic acids is 6. The first-order chi connectivity index (χ1) is 62.0. The minimum atomic E-state index is -4.27. The van der Waals surface area contributed by atoms with Gasteiger partial charge in [0.15, 0.2) is 79.8 Å². The fourth-order valence-corrected chi connectivity index (χ4v) is 21.4. The molecule has 0 N–H and O–H groups in total. The molecule has 0 spiro atoms. The molecule has 0 saturated heterocycles. The molecule has 0 radical (unpaired) electrons. The lowest BCUT2D eigenvalue weighted by molar-refractivity contribution is -0.153. The Morgan fingerprint density at radius 3 is 0.977 bits per heavy atom. The minimum Gasteiger partial charge on any atom is -0.744 e. The Hall–Kier alpha value is -11.4. The largest absolute Gasteiger partial charge is 0.744 e. The fraction of sp³-hybridized carbons (Fsp3) is 0.348. The Labute approximate surface area is 775 Å². The van der Waals surface area contributed by atoms with E-state index >= 15 is 0 Å². The van der Waals surface area contributed by atoms with Gasteiger partial charge in [0.2, 0.25) is 11.5 Å². The van der Waals surface area contributed by atoms with Crippen molar-refractivity contribution in [1.29, 1.82) is 0 Å². The second-order valence-corrected chi connectivity index (χ2v) is 39.1. The summed E-state index contributed by atoms with van der Waals surface area (Å²) in [6.45, 7) is 39.5. The molecular weight excluding hydrogens is 1870 g/mol. The summed E-state index contributed by atoms with van der Waals surface area (Å²) in [7, 11) is -8.54. The molecule has 692 valence electrons. The summed E-state index contributed by atoms with van der Waals surface area (Å²) in [5, 5.41) is 5.75. The molecule has 32 nitrogen and oxygen atoms in total. The van der Waals surface area contributed by atoms with Crippen molar-refractivity contribution in [3.63, 3.8) is 0 Å². The third-order valence-electron chi connectivity index (χ3n) is 18.5. The lowest BCUT2D eigenvalue weighted by atomic mass is 10.2. The van der Waals surface area contributed by atoms with E-state index in [1.807, 2.05) is 30.0 Å². The number of ether oxygens (including phenoxy) is 18. The van der Waals surface area contributed by atoms with Gasteiger partial charge in [-0.05, 0) is 79.7 Å². The molecule has 41 heteroatoms. The van der Waals surface area contributed by atoms with Crippen LogP contribution in [0.5, 0.6) is 69.0 Å². The van der Waals surface area contributed by atoms with Crippen LogP contribution in [-0.4, -0.2) is 192 Å². The van der Waals surface area contributed by atoms with Gasteiger partial charge in [-0.1, -0.05) is 74.9 Å². The summed E-state index contributed by atoms with van der Waals surface area (Å²) >= 11 is 10.2. The number of hydrogen-bond acceptors (Lipinski definition) is 37. The topological polar surface area (TPSA) is 406 Å². The van der Waals surface area contributed by atoms with E-state index in [1.165, 1.54) is 106 Å². The Morgan fingerprint density at radius 2 is 0.638 bits per heavy atom. The van der Waals surface area contributed by atoms with Gasteiger partial charge >= 0.3 is 46.7 Å². The van der Waals surface area contributed by atoms with Crippen molar-refractivity contribution in [1.82, 2.24) is 0 Å². The molecule has 14 heterocycles. The average Bonchev–Trinajstić information content (AvgIpc) is 1.56. The zero-order chi connectivity index (χ0) is 93.4. The molecule has 0 bridgehead atoms. The lowest BCUT2D eigenvalue weighted by Gasteiger charge is -2.20. The summed E-state index contributed by atoms with van der Waals surface area (Å²) in [5.41, 5.74) is 4.26. The van der Waals surface area contributed by atoms with Crippen molar-refractivity contribution in [3.8, 4) is 98.3 Å². The van der Waals surface area contributed by atoms with Crippen LogP contribution in [0, 0.1) is 22.9 Å². The number of thiophene rings is 7. The molecule has 0 fully saturated rings. The van der Waals surface area contributed by atoms with Crippen LogP contribution >= 0.6 is 79.4 Å². The van der Waals surface area contributed by atoms with E-state index < -0.39 is 74.4 Å². The zero-order valence-corrected chi connectivity index (χ0v) is 79.1. The van der Waals surface area contributed by atoms with Crippen molar-refractivity contribution < 1.29 is 140 Å². The van der Waals surface area contributed by atoms with Crippen LogP contribution in [-0.2, 0) is 96.7 Å². The molecule has 7 aromatic heterocycles. The quantitative estimate of drug-likeness (QED) is 0.0160. The lowest BCUT2D eigenvalue weighted by Crippen LogP contribution is -2.28. The third-order valence-corrected chi connectivity index (χ3v) is 28.3. The van der Waals surface area contributed by atoms with Gasteiger partial charge in [0.05, 0.1) is 43.9 Å². The van der Waals surface area contributed by atoms with Gasteiger partial charge in [-0.15, -0.1) is 79.4 Å². The van der Waals surface area contributed by atoms with Gasteiger partial charge in [0, 0.05) is 68.8 Å². The molecule has 7 aliphatic rings. The smallest absolute Gasteiger partial charge is 0.405 e. The average molecular weight is 1960 g/mol. The standard InChI is InChI=1S/C52H50O18S5.C17H20O6S.2C7H8O3S.C6H6O2S/c1-23(2)49(53)67-21-27(69-51(55)25(5)6)19-29-31-33(59-11-9-57-31)41(71-29)43-35-37(63-15-13-61-35)45(73-43)47-39-40(66-18-17-65-39)48(75-47)46-38-36(62-14-16-64-38)44(74-46)42-34-32(58-10-12-60-34)30(72-42)20-28(70-52(56)26(7)8)22-68-50(54)24(3)4;1-10(2)16(18)22-8-12(23-17(19)11(3)4)7-14-15-13(9-24-14)20-5-6-21-15;2*1-6-2-4-7(5-3-6)11(8,9)10;1-2-8-6-4-9-3-5(6)7-1/h27-28H,1,3,5,7,9-22H2,2,4,6,8H3;9,12H,1,3,5-8H2,2,4H3;2*2-5H,1H3,(H,8,9,10);3-4H,1-2H2/q+2;;;;/p-2. The minimum absolute atomic E-state index is 0.0712.